The van der Waals surface area contributed by atoms with Crippen LogP contribution in [0.1, 0.15) is 36.2 Å². The zero-order valence-corrected chi connectivity index (χ0v) is 15.2. The zero-order chi connectivity index (χ0) is 16.3. The number of ether oxygens (including phenoxy) is 1. The highest BCUT2D eigenvalue weighted by molar-refractivity contribution is 14.1. The van der Waals surface area contributed by atoms with Crippen molar-refractivity contribution in [2.45, 2.75) is 25.8 Å². The molecular formula is C15H16INO4S. The van der Waals surface area contributed by atoms with E-state index in [9.17, 15) is 9.59 Å². The summed E-state index contributed by atoms with van der Waals surface area (Å²) < 4.78 is 6.22. The molecule has 0 aromatic heterocycles. The minimum Gasteiger partial charge on any atom is -0.481 e. The molecule has 0 bridgehead atoms. The van der Waals surface area contributed by atoms with Gasteiger partial charge in [0.15, 0.2) is 0 Å². The molecule has 0 saturated heterocycles. The van der Waals surface area contributed by atoms with Gasteiger partial charge in [0.05, 0.1) is 23.1 Å². The predicted octanol–water partition coefficient (Wildman–Crippen LogP) is 3.19. The number of carboxylic acids is 1. The van der Waals surface area contributed by atoms with Crippen molar-refractivity contribution >= 4 is 52.2 Å². The van der Waals surface area contributed by atoms with Crippen LogP contribution in [0.25, 0.3) is 0 Å². The quantitative estimate of drug-likeness (QED) is 0.424. The number of benzene rings is 1. The number of rotatable bonds is 6. The van der Waals surface area contributed by atoms with E-state index in [0.717, 1.165) is 9.13 Å². The second-order valence-corrected chi connectivity index (χ2v) is 7.74. The summed E-state index contributed by atoms with van der Waals surface area (Å²) >= 11 is 3.69. The van der Waals surface area contributed by atoms with Crippen LogP contribution < -0.4 is 0 Å². The number of aliphatic imine (C=N–C) groups is 1. The molecule has 0 unspecified atom stereocenters. The lowest BCUT2D eigenvalue weighted by atomic mass is 10.1. The minimum absolute atomic E-state index is 0.132. The standard InChI is InChI=1S/C15H16INO4S/c1-15(2,8-22-7-6-11(18)19)17-13-12-9(14(20)21-13)4-3-5-10(12)16/h3-5H,6-8H2,1-2H3,(H,18,19)/b17-13-. The third-order valence-electron chi connectivity index (χ3n) is 2.96. The monoisotopic (exact) mass is 433 g/mol. The number of carbonyl (C=O) groups excluding carboxylic acids is 1. The third-order valence-corrected chi connectivity index (χ3v) is 5.26. The molecule has 0 saturated carbocycles. The molecule has 0 amide bonds. The number of thioether (sulfide) groups is 1. The van der Waals surface area contributed by atoms with Crippen molar-refractivity contribution in [1.82, 2.24) is 0 Å². The number of hydrogen-bond acceptors (Lipinski definition) is 5. The molecule has 1 heterocycles. The second kappa shape index (κ2) is 6.99. The molecule has 0 aliphatic carbocycles. The van der Waals surface area contributed by atoms with E-state index in [1.165, 1.54) is 11.8 Å². The topological polar surface area (TPSA) is 76.0 Å². The second-order valence-electron chi connectivity index (χ2n) is 5.48. The van der Waals surface area contributed by atoms with Crippen LogP contribution in [-0.2, 0) is 9.53 Å². The van der Waals surface area contributed by atoms with E-state index in [-0.39, 0.29) is 12.4 Å². The van der Waals surface area contributed by atoms with E-state index < -0.39 is 11.5 Å². The molecule has 0 radical (unpaired) electrons. The van der Waals surface area contributed by atoms with Crippen LogP contribution in [0.2, 0.25) is 0 Å². The van der Waals surface area contributed by atoms with Crippen LogP contribution in [0, 0.1) is 3.57 Å². The largest absolute Gasteiger partial charge is 0.481 e. The number of aliphatic carboxylic acids is 1. The Bertz CT molecular complexity index is 642. The number of esters is 1. The molecule has 1 aliphatic rings. The summed E-state index contributed by atoms with van der Waals surface area (Å²) in [4.78, 5) is 27.0. The first-order valence-corrected chi connectivity index (χ1v) is 8.94. The van der Waals surface area contributed by atoms with Gasteiger partial charge >= 0.3 is 11.9 Å². The molecule has 22 heavy (non-hydrogen) atoms. The molecule has 118 valence electrons. The van der Waals surface area contributed by atoms with Crippen LogP contribution in [0.5, 0.6) is 0 Å². The molecule has 1 aromatic rings. The van der Waals surface area contributed by atoms with Gasteiger partial charge in [-0.25, -0.2) is 9.79 Å². The normalized spacial score (nSPS) is 15.8. The third kappa shape index (κ3) is 4.22. The maximum Gasteiger partial charge on any atom is 0.345 e. The Morgan fingerprint density at radius 3 is 2.86 bits per heavy atom. The maximum atomic E-state index is 11.9. The lowest BCUT2D eigenvalue weighted by Gasteiger charge is -2.19. The fraction of sp³-hybridized carbons (Fsp3) is 0.400. The first-order valence-electron chi connectivity index (χ1n) is 6.70. The lowest BCUT2D eigenvalue weighted by Crippen LogP contribution is -2.23. The molecule has 7 heteroatoms. The Morgan fingerprint density at radius 2 is 2.18 bits per heavy atom. The molecule has 0 atom stereocenters. The van der Waals surface area contributed by atoms with E-state index >= 15 is 0 Å². The van der Waals surface area contributed by atoms with Gasteiger partial charge in [-0.15, -0.1) is 0 Å². The summed E-state index contributed by atoms with van der Waals surface area (Å²) in [5, 5.41) is 8.64. The van der Waals surface area contributed by atoms with E-state index in [0.29, 0.717) is 23.0 Å². The van der Waals surface area contributed by atoms with Crippen molar-refractivity contribution in [3.8, 4) is 0 Å². The highest BCUT2D eigenvalue weighted by Crippen LogP contribution is 2.28. The van der Waals surface area contributed by atoms with E-state index in [2.05, 4.69) is 27.6 Å². The van der Waals surface area contributed by atoms with E-state index in [1.807, 2.05) is 26.0 Å². The van der Waals surface area contributed by atoms with Crippen molar-refractivity contribution in [2.24, 2.45) is 4.99 Å². The van der Waals surface area contributed by atoms with Gasteiger partial charge < -0.3 is 9.84 Å². The summed E-state index contributed by atoms with van der Waals surface area (Å²) in [6.45, 7) is 3.88. The van der Waals surface area contributed by atoms with Gasteiger partial charge in [0.25, 0.3) is 0 Å². The van der Waals surface area contributed by atoms with Crippen LogP contribution in [0.3, 0.4) is 0 Å². The predicted molar refractivity (Wildman–Crippen MR) is 94.8 cm³/mol. The van der Waals surface area contributed by atoms with Crippen molar-refractivity contribution in [1.29, 1.82) is 0 Å². The number of cyclic esters (lactones) is 1. The Kier molecular flexibility index (Phi) is 5.49. The molecule has 1 N–H and O–H groups in total. The molecule has 1 aliphatic heterocycles. The van der Waals surface area contributed by atoms with Gasteiger partial charge in [0.2, 0.25) is 5.90 Å². The Hall–Kier alpha value is -1.09. The number of halogens is 1. The SMILES string of the molecule is CC(C)(CSCCC(=O)O)/N=C1\OC(=O)c2cccc(I)c21. The average molecular weight is 433 g/mol. The number of carboxylic acid groups (broad SMARTS) is 1. The molecule has 5 nitrogen and oxygen atoms in total. The van der Waals surface area contributed by atoms with Gasteiger partial charge in [-0.1, -0.05) is 6.07 Å². The van der Waals surface area contributed by atoms with Gasteiger partial charge in [-0.05, 0) is 48.6 Å². The number of hydrogen-bond donors (Lipinski definition) is 1. The molecular weight excluding hydrogens is 417 g/mol. The Balaban J connectivity index is 2.13. The van der Waals surface area contributed by atoms with Crippen molar-refractivity contribution in [3.05, 3.63) is 32.9 Å². The summed E-state index contributed by atoms with van der Waals surface area (Å²) in [5.74, 6) is 0.373. The van der Waals surface area contributed by atoms with Gasteiger partial charge in [0.1, 0.15) is 0 Å². The molecule has 0 fully saturated rings. The van der Waals surface area contributed by atoms with Crippen molar-refractivity contribution in [3.63, 3.8) is 0 Å². The van der Waals surface area contributed by atoms with Crippen molar-refractivity contribution in [2.75, 3.05) is 11.5 Å². The highest BCUT2D eigenvalue weighted by Gasteiger charge is 2.32. The maximum absolute atomic E-state index is 11.9. The summed E-state index contributed by atoms with van der Waals surface area (Å²) in [7, 11) is 0. The number of nitrogens with zero attached hydrogens (tertiary/aromatic N) is 1. The summed E-state index contributed by atoms with van der Waals surface area (Å²) in [6, 6.07) is 5.46. The van der Waals surface area contributed by atoms with Gasteiger partial charge in [0, 0.05) is 15.1 Å². The fourth-order valence-electron chi connectivity index (χ4n) is 1.97. The Morgan fingerprint density at radius 1 is 1.45 bits per heavy atom. The molecule has 2 rings (SSSR count). The zero-order valence-electron chi connectivity index (χ0n) is 12.3. The Labute approximate surface area is 146 Å². The lowest BCUT2D eigenvalue weighted by molar-refractivity contribution is -0.136. The fourth-order valence-corrected chi connectivity index (χ4v) is 3.73. The van der Waals surface area contributed by atoms with Crippen LogP contribution >= 0.6 is 34.4 Å². The highest BCUT2D eigenvalue weighted by atomic mass is 127. The van der Waals surface area contributed by atoms with Crippen molar-refractivity contribution < 1.29 is 19.4 Å². The van der Waals surface area contributed by atoms with Gasteiger partial charge in [-0.2, -0.15) is 11.8 Å². The number of carbonyl (C=O) groups is 2. The first-order chi connectivity index (χ1) is 10.3. The smallest absolute Gasteiger partial charge is 0.345 e. The average Bonchev–Trinajstić information content (AvgIpc) is 2.72. The first kappa shape index (κ1) is 17.3. The van der Waals surface area contributed by atoms with E-state index in [4.69, 9.17) is 9.84 Å². The van der Waals surface area contributed by atoms with E-state index in [1.54, 1.807) is 6.07 Å². The molecule has 1 aromatic carbocycles. The molecule has 0 spiro atoms. The van der Waals surface area contributed by atoms with Crippen LogP contribution in [0.4, 0.5) is 0 Å². The summed E-state index contributed by atoms with van der Waals surface area (Å²) in [6.07, 6.45) is 0.132. The van der Waals surface area contributed by atoms with Crippen LogP contribution in [-0.4, -0.2) is 40.0 Å². The van der Waals surface area contributed by atoms with Gasteiger partial charge in [-0.3, -0.25) is 4.79 Å². The summed E-state index contributed by atoms with van der Waals surface area (Å²) in [5.41, 5.74) is 0.843. The minimum atomic E-state index is -0.801. The van der Waals surface area contributed by atoms with Crippen LogP contribution in [0.15, 0.2) is 23.2 Å². The number of fused-ring (bicyclic) bond motifs is 1.